The van der Waals surface area contributed by atoms with E-state index < -0.39 is 16.6 Å². The Balaban J connectivity index is 2.66. The van der Waals surface area contributed by atoms with Crippen LogP contribution in [0.15, 0.2) is 29.3 Å². The van der Waals surface area contributed by atoms with Gasteiger partial charge in [-0.05, 0) is 26.0 Å². The number of primary amides is 1. The first-order chi connectivity index (χ1) is 10.7. The van der Waals surface area contributed by atoms with Crippen LogP contribution in [0.25, 0.3) is 5.57 Å². The zero-order valence-electron chi connectivity index (χ0n) is 13.4. The molecule has 0 spiro atoms. The second kappa shape index (κ2) is 5.71. The molecule has 1 aromatic rings. The molecule has 0 aromatic heterocycles. The molecule has 0 saturated heterocycles. The summed E-state index contributed by atoms with van der Waals surface area (Å²) < 4.78 is 5.83. The third kappa shape index (κ3) is 3.15. The highest BCUT2D eigenvalue weighted by Crippen LogP contribution is 2.39. The normalized spacial score (nSPS) is 16.0. The monoisotopic (exact) mass is 318 g/mol. The van der Waals surface area contributed by atoms with Gasteiger partial charge in [0.1, 0.15) is 17.2 Å². The van der Waals surface area contributed by atoms with Crippen molar-refractivity contribution < 1.29 is 14.5 Å². The van der Waals surface area contributed by atoms with Crippen molar-refractivity contribution in [3.8, 4) is 5.75 Å². The van der Waals surface area contributed by atoms with E-state index in [0.29, 0.717) is 22.7 Å². The van der Waals surface area contributed by atoms with E-state index in [2.05, 4.69) is 4.99 Å². The second-order valence-electron chi connectivity index (χ2n) is 5.65. The highest BCUT2D eigenvalue weighted by Gasteiger charge is 2.31. The zero-order valence-corrected chi connectivity index (χ0v) is 13.4. The van der Waals surface area contributed by atoms with Gasteiger partial charge < -0.3 is 10.5 Å². The lowest BCUT2D eigenvalue weighted by Gasteiger charge is -2.32. The fraction of sp³-hybridized carbons (Fsp3) is 0.333. The standard InChI is InChI=1S/C15H18N4O4/c1-15(2)8-11(13(17-3)18(4)14(16)20)10-7-9(19(21)22)5-6-12(10)23-15/h5-8H,1-4H3,(H2,16,20). The SMILES string of the molecule is CN=C(C1=CC(C)(C)Oc2ccc([N+](=O)[O-])cc21)N(C)C(N)=O. The highest BCUT2D eigenvalue weighted by molar-refractivity contribution is 6.27. The number of nitro groups is 1. The van der Waals surface area contributed by atoms with Gasteiger partial charge in [0.05, 0.1) is 4.92 Å². The quantitative estimate of drug-likeness (QED) is 0.390. The molecular formula is C15H18N4O4. The summed E-state index contributed by atoms with van der Waals surface area (Å²) in [5.74, 6) is 0.799. The van der Waals surface area contributed by atoms with Gasteiger partial charge in [-0.15, -0.1) is 0 Å². The van der Waals surface area contributed by atoms with Crippen LogP contribution < -0.4 is 10.5 Å². The summed E-state index contributed by atoms with van der Waals surface area (Å²) in [6.07, 6.45) is 1.76. The molecule has 23 heavy (non-hydrogen) atoms. The molecule has 122 valence electrons. The number of urea groups is 1. The van der Waals surface area contributed by atoms with E-state index in [0.717, 1.165) is 0 Å². The Morgan fingerprint density at radius 2 is 2.09 bits per heavy atom. The molecule has 0 atom stereocenters. The Bertz CT molecular complexity index is 737. The Morgan fingerprint density at radius 1 is 1.43 bits per heavy atom. The van der Waals surface area contributed by atoms with Crippen LogP contribution in [-0.2, 0) is 0 Å². The van der Waals surface area contributed by atoms with Crippen molar-refractivity contribution in [3.05, 3.63) is 40.0 Å². The maximum Gasteiger partial charge on any atom is 0.320 e. The molecule has 1 heterocycles. The van der Waals surface area contributed by atoms with Gasteiger partial charge in [0, 0.05) is 37.4 Å². The van der Waals surface area contributed by atoms with Gasteiger partial charge >= 0.3 is 6.03 Å². The van der Waals surface area contributed by atoms with Gasteiger partial charge in [-0.2, -0.15) is 0 Å². The molecule has 0 bridgehead atoms. The largest absolute Gasteiger partial charge is 0.483 e. The third-order valence-corrected chi connectivity index (χ3v) is 3.43. The number of nitrogens with zero attached hydrogens (tertiary/aromatic N) is 3. The molecule has 1 aliphatic heterocycles. The summed E-state index contributed by atoms with van der Waals surface area (Å²) in [4.78, 5) is 27.3. The molecule has 1 aromatic carbocycles. The summed E-state index contributed by atoms with van der Waals surface area (Å²) >= 11 is 0. The third-order valence-electron chi connectivity index (χ3n) is 3.43. The van der Waals surface area contributed by atoms with Crippen LogP contribution >= 0.6 is 0 Å². The number of rotatable bonds is 2. The molecule has 0 unspecified atom stereocenters. The lowest BCUT2D eigenvalue weighted by atomic mass is 9.93. The van der Waals surface area contributed by atoms with Gasteiger partial charge in [-0.25, -0.2) is 4.79 Å². The van der Waals surface area contributed by atoms with E-state index in [-0.39, 0.29) is 5.69 Å². The van der Waals surface area contributed by atoms with Gasteiger partial charge in [0.2, 0.25) is 0 Å². The number of benzene rings is 1. The number of carbonyl (C=O) groups excluding carboxylic acids is 1. The number of fused-ring (bicyclic) bond motifs is 1. The first kappa shape index (κ1) is 16.5. The van der Waals surface area contributed by atoms with Crippen LogP contribution in [0.4, 0.5) is 10.5 Å². The predicted molar refractivity (Wildman–Crippen MR) is 86.5 cm³/mol. The van der Waals surface area contributed by atoms with Crippen molar-refractivity contribution in [3.63, 3.8) is 0 Å². The van der Waals surface area contributed by atoms with Crippen molar-refractivity contribution in [2.24, 2.45) is 10.7 Å². The van der Waals surface area contributed by atoms with E-state index in [9.17, 15) is 14.9 Å². The van der Waals surface area contributed by atoms with E-state index >= 15 is 0 Å². The van der Waals surface area contributed by atoms with Crippen molar-refractivity contribution in [2.45, 2.75) is 19.4 Å². The predicted octanol–water partition coefficient (Wildman–Crippen LogP) is 2.19. The van der Waals surface area contributed by atoms with E-state index in [4.69, 9.17) is 10.5 Å². The molecule has 8 nitrogen and oxygen atoms in total. The molecular weight excluding hydrogens is 300 g/mol. The van der Waals surface area contributed by atoms with Crippen LogP contribution in [0, 0.1) is 10.1 Å². The Labute approximate surface area is 133 Å². The van der Waals surface area contributed by atoms with Crippen molar-refractivity contribution in [1.29, 1.82) is 0 Å². The number of hydrogen-bond donors (Lipinski definition) is 1. The molecule has 0 saturated carbocycles. The average molecular weight is 318 g/mol. The molecule has 0 aliphatic carbocycles. The number of aliphatic imine (C=N–C) groups is 1. The van der Waals surface area contributed by atoms with Crippen LogP contribution in [0.3, 0.4) is 0 Å². The Morgan fingerprint density at radius 3 is 2.61 bits per heavy atom. The van der Waals surface area contributed by atoms with E-state index in [1.807, 2.05) is 13.8 Å². The summed E-state index contributed by atoms with van der Waals surface area (Å²) in [6.45, 7) is 3.68. The number of amides is 2. The highest BCUT2D eigenvalue weighted by atomic mass is 16.6. The van der Waals surface area contributed by atoms with Gasteiger partial charge in [0.15, 0.2) is 0 Å². The van der Waals surface area contributed by atoms with Gasteiger partial charge in [-0.3, -0.25) is 20.0 Å². The Kier molecular flexibility index (Phi) is 4.09. The summed E-state index contributed by atoms with van der Waals surface area (Å²) in [5, 5.41) is 11.0. The summed E-state index contributed by atoms with van der Waals surface area (Å²) in [6, 6.07) is 3.64. The zero-order chi connectivity index (χ0) is 17.4. The second-order valence-corrected chi connectivity index (χ2v) is 5.65. The average Bonchev–Trinajstić information content (AvgIpc) is 2.46. The first-order valence-electron chi connectivity index (χ1n) is 6.87. The molecule has 0 fully saturated rings. The van der Waals surface area contributed by atoms with Crippen molar-refractivity contribution in [2.75, 3.05) is 14.1 Å². The van der Waals surface area contributed by atoms with Crippen LogP contribution in [-0.4, -0.2) is 41.4 Å². The maximum absolute atomic E-state index is 11.5. The smallest absolute Gasteiger partial charge is 0.320 e. The van der Waals surface area contributed by atoms with Crippen LogP contribution in [0.1, 0.15) is 19.4 Å². The minimum absolute atomic E-state index is 0.0739. The number of hydrogen-bond acceptors (Lipinski definition) is 5. The van der Waals surface area contributed by atoms with Gasteiger partial charge in [-0.1, -0.05) is 0 Å². The fourth-order valence-corrected chi connectivity index (χ4v) is 2.41. The molecule has 1 aliphatic rings. The molecule has 2 N–H and O–H groups in total. The molecule has 2 rings (SSSR count). The number of ether oxygens (including phenoxy) is 1. The topological polar surface area (TPSA) is 111 Å². The number of amidine groups is 1. The Hall–Kier alpha value is -2.90. The number of nitro benzene ring substituents is 1. The number of non-ortho nitro benzene ring substituents is 1. The molecule has 2 amide bonds. The minimum Gasteiger partial charge on any atom is -0.483 e. The molecule has 8 heteroatoms. The number of nitrogens with two attached hydrogens (primary N) is 1. The van der Waals surface area contributed by atoms with Crippen molar-refractivity contribution >= 4 is 23.1 Å². The maximum atomic E-state index is 11.5. The van der Waals surface area contributed by atoms with Crippen LogP contribution in [0.2, 0.25) is 0 Å². The van der Waals surface area contributed by atoms with Crippen LogP contribution in [0.5, 0.6) is 5.75 Å². The summed E-state index contributed by atoms with van der Waals surface area (Å²) in [5.41, 5.74) is 5.64. The van der Waals surface area contributed by atoms with Gasteiger partial charge in [0.25, 0.3) is 5.69 Å². The fourth-order valence-electron chi connectivity index (χ4n) is 2.41. The minimum atomic E-state index is -0.678. The lowest BCUT2D eigenvalue weighted by molar-refractivity contribution is -0.384. The van der Waals surface area contributed by atoms with Crippen molar-refractivity contribution in [1.82, 2.24) is 4.90 Å². The number of carbonyl (C=O) groups is 1. The van der Waals surface area contributed by atoms with E-state index in [1.54, 1.807) is 12.1 Å². The lowest BCUT2D eigenvalue weighted by Crippen LogP contribution is -2.40. The first-order valence-corrected chi connectivity index (χ1v) is 6.87. The van der Waals surface area contributed by atoms with E-state index in [1.165, 1.54) is 31.1 Å². The molecule has 0 radical (unpaired) electrons. The summed E-state index contributed by atoms with van der Waals surface area (Å²) in [7, 11) is 3.01. The number of likely N-dealkylation sites (N-methyl/N-ethyl adjacent to an activating group) is 1.